The minimum Gasteiger partial charge on any atom is -0.497 e. The lowest BCUT2D eigenvalue weighted by Gasteiger charge is -2.41. The van der Waals surface area contributed by atoms with Crippen molar-refractivity contribution in [3.05, 3.63) is 65.9 Å². The second kappa shape index (κ2) is 10.1. The van der Waals surface area contributed by atoms with Gasteiger partial charge in [-0.3, -0.25) is 9.80 Å². The number of aliphatic hydroxyl groups excluding tert-OH is 1. The van der Waals surface area contributed by atoms with Gasteiger partial charge < -0.3 is 14.6 Å². The zero-order valence-electron chi connectivity index (χ0n) is 18.3. The van der Waals surface area contributed by atoms with Crippen molar-refractivity contribution in [2.75, 3.05) is 40.5 Å². The summed E-state index contributed by atoms with van der Waals surface area (Å²) >= 11 is 0. The summed E-state index contributed by atoms with van der Waals surface area (Å²) in [6, 6.07) is 18.8. The normalized spacial score (nSPS) is 17.7. The summed E-state index contributed by atoms with van der Waals surface area (Å²) in [4.78, 5) is 9.78. The number of pyridine rings is 1. The number of rotatable bonds is 8. The van der Waals surface area contributed by atoms with Crippen molar-refractivity contribution in [2.45, 2.75) is 25.6 Å². The first-order chi connectivity index (χ1) is 15.2. The van der Waals surface area contributed by atoms with Crippen LogP contribution in [-0.2, 0) is 13.1 Å². The number of benzene rings is 2. The molecular formula is C25H31N3O3. The third-order valence-corrected chi connectivity index (χ3v) is 6.02. The average Bonchev–Trinajstić information content (AvgIpc) is 2.80. The van der Waals surface area contributed by atoms with Crippen molar-refractivity contribution in [1.29, 1.82) is 0 Å². The van der Waals surface area contributed by atoms with E-state index in [2.05, 4.69) is 40.1 Å². The number of aliphatic hydroxyl groups is 1. The van der Waals surface area contributed by atoms with Gasteiger partial charge in [0.1, 0.15) is 17.0 Å². The fourth-order valence-electron chi connectivity index (χ4n) is 4.38. The highest BCUT2D eigenvalue weighted by molar-refractivity contribution is 5.84. The van der Waals surface area contributed by atoms with Crippen molar-refractivity contribution >= 4 is 10.9 Å². The molecular weight excluding hydrogens is 390 g/mol. The number of hydrogen-bond acceptors (Lipinski definition) is 6. The van der Waals surface area contributed by atoms with Crippen LogP contribution in [0.1, 0.15) is 17.7 Å². The van der Waals surface area contributed by atoms with E-state index >= 15 is 0 Å². The Bertz CT molecular complexity index is 1010. The van der Waals surface area contributed by atoms with Crippen LogP contribution in [0.5, 0.6) is 11.5 Å². The smallest absolute Gasteiger partial charge is 0.145 e. The summed E-state index contributed by atoms with van der Waals surface area (Å²) in [5.74, 6) is 1.69. The van der Waals surface area contributed by atoms with Gasteiger partial charge in [-0.05, 0) is 36.2 Å². The molecule has 0 spiro atoms. The molecule has 164 valence electrons. The van der Waals surface area contributed by atoms with Crippen molar-refractivity contribution in [3.63, 3.8) is 0 Å². The van der Waals surface area contributed by atoms with Crippen LogP contribution in [0.3, 0.4) is 0 Å². The van der Waals surface area contributed by atoms with E-state index in [9.17, 15) is 5.11 Å². The maximum Gasteiger partial charge on any atom is 0.145 e. The minimum absolute atomic E-state index is 0.193. The quantitative estimate of drug-likeness (QED) is 0.602. The lowest BCUT2D eigenvalue weighted by Crippen LogP contribution is -2.52. The maximum absolute atomic E-state index is 9.65. The molecule has 0 aliphatic carbocycles. The molecule has 2 heterocycles. The van der Waals surface area contributed by atoms with E-state index < -0.39 is 0 Å². The minimum atomic E-state index is 0.193. The van der Waals surface area contributed by atoms with Crippen molar-refractivity contribution in [3.8, 4) is 11.5 Å². The Morgan fingerprint density at radius 3 is 2.68 bits per heavy atom. The molecule has 1 unspecified atom stereocenters. The van der Waals surface area contributed by atoms with E-state index in [0.29, 0.717) is 6.04 Å². The number of para-hydroxylation sites is 1. The van der Waals surface area contributed by atoms with Gasteiger partial charge in [-0.15, -0.1) is 0 Å². The molecule has 1 aliphatic heterocycles. The monoisotopic (exact) mass is 421 g/mol. The van der Waals surface area contributed by atoms with Crippen molar-refractivity contribution in [1.82, 2.24) is 14.8 Å². The summed E-state index contributed by atoms with van der Waals surface area (Å²) in [6.07, 6.45) is 0.763. The zero-order valence-corrected chi connectivity index (χ0v) is 18.3. The number of hydrogen-bond donors (Lipinski definition) is 1. The number of piperazine rings is 1. The van der Waals surface area contributed by atoms with Crippen LogP contribution in [0.15, 0.2) is 54.6 Å². The third kappa shape index (κ3) is 5.15. The van der Waals surface area contributed by atoms with Gasteiger partial charge in [0.05, 0.1) is 19.9 Å². The highest BCUT2D eigenvalue weighted by atomic mass is 16.5. The molecule has 1 saturated heterocycles. The Morgan fingerprint density at radius 1 is 1.00 bits per heavy atom. The van der Waals surface area contributed by atoms with Gasteiger partial charge in [0, 0.05) is 50.8 Å². The Balaban J connectivity index is 1.45. The van der Waals surface area contributed by atoms with E-state index in [1.54, 1.807) is 14.2 Å². The zero-order chi connectivity index (χ0) is 21.6. The number of methoxy groups -OCH3 is 2. The first kappa shape index (κ1) is 21.6. The summed E-state index contributed by atoms with van der Waals surface area (Å²) in [6.45, 7) is 4.69. The Hall–Kier alpha value is -2.67. The summed E-state index contributed by atoms with van der Waals surface area (Å²) in [7, 11) is 3.38. The van der Waals surface area contributed by atoms with Gasteiger partial charge >= 0.3 is 0 Å². The molecule has 1 atom stereocenters. The van der Waals surface area contributed by atoms with E-state index in [0.717, 1.165) is 67.2 Å². The van der Waals surface area contributed by atoms with Gasteiger partial charge in [-0.2, -0.15) is 0 Å². The largest absolute Gasteiger partial charge is 0.497 e. The molecule has 1 aromatic heterocycles. The van der Waals surface area contributed by atoms with Gasteiger partial charge in [0.15, 0.2) is 0 Å². The predicted molar refractivity (Wildman–Crippen MR) is 122 cm³/mol. The first-order valence-electron chi connectivity index (χ1n) is 10.8. The van der Waals surface area contributed by atoms with Gasteiger partial charge in [0.25, 0.3) is 0 Å². The average molecular weight is 422 g/mol. The molecule has 31 heavy (non-hydrogen) atoms. The molecule has 6 heteroatoms. The van der Waals surface area contributed by atoms with Gasteiger partial charge in [0.2, 0.25) is 0 Å². The second-order valence-corrected chi connectivity index (χ2v) is 8.06. The molecule has 0 saturated carbocycles. The first-order valence-corrected chi connectivity index (χ1v) is 10.8. The Labute approximate surface area is 184 Å². The van der Waals surface area contributed by atoms with Crippen LogP contribution in [-0.4, -0.2) is 66.4 Å². The molecule has 3 aromatic rings. The fourth-order valence-corrected chi connectivity index (χ4v) is 4.38. The van der Waals surface area contributed by atoms with E-state index in [1.807, 2.05) is 24.3 Å². The topological polar surface area (TPSA) is 58.1 Å². The Morgan fingerprint density at radius 2 is 1.87 bits per heavy atom. The van der Waals surface area contributed by atoms with Crippen molar-refractivity contribution in [2.24, 2.45) is 0 Å². The standard InChI is InChI=1S/C25H31N3O3/c1-30-23-7-3-5-19(15-23)16-28-13-12-27(18-22(28)11-14-29)17-21-10-9-20-6-4-8-24(31-2)25(20)26-21/h3-10,15,22,29H,11-14,16-18H2,1-2H3. The van der Waals surface area contributed by atoms with Crippen LogP contribution in [0, 0.1) is 0 Å². The number of nitrogens with zero attached hydrogens (tertiary/aromatic N) is 3. The van der Waals surface area contributed by atoms with Crippen LogP contribution in [0.4, 0.5) is 0 Å². The summed E-state index contributed by atoms with van der Waals surface area (Å²) in [5.41, 5.74) is 3.19. The van der Waals surface area contributed by atoms with Gasteiger partial charge in [-0.25, -0.2) is 4.98 Å². The molecule has 2 aromatic carbocycles. The van der Waals surface area contributed by atoms with E-state index in [4.69, 9.17) is 14.5 Å². The molecule has 1 aliphatic rings. The lowest BCUT2D eigenvalue weighted by atomic mass is 10.1. The third-order valence-electron chi connectivity index (χ3n) is 6.02. The maximum atomic E-state index is 9.65. The second-order valence-electron chi connectivity index (χ2n) is 8.06. The molecule has 1 fully saturated rings. The molecule has 0 radical (unpaired) electrons. The summed E-state index contributed by atoms with van der Waals surface area (Å²) in [5, 5.41) is 10.7. The Kier molecular flexibility index (Phi) is 7.02. The predicted octanol–water partition coefficient (Wildman–Crippen LogP) is 3.32. The number of aromatic nitrogens is 1. The van der Waals surface area contributed by atoms with E-state index in [1.165, 1.54) is 5.56 Å². The molecule has 1 N–H and O–H groups in total. The molecule has 6 nitrogen and oxygen atoms in total. The number of ether oxygens (including phenoxy) is 2. The molecule has 0 bridgehead atoms. The molecule has 0 amide bonds. The lowest BCUT2D eigenvalue weighted by molar-refractivity contribution is 0.0494. The highest BCUT2D eigenvalue weighted by Crippen LogP contribution is 2.25. The van der Waals surface area contributed by atoms with Crippen molar-refractivity contribution < 1.29 is 14.6 Å². The van der Waals surface area contributed by atoms with Crippen LogP contribution >= 0.6 is 0 Å². The fraction of sp³-hybridized carbons (Fsp3) is 0.400. The number of fused-ring (bicyclic) bond motifs is 1. The van der Waals surface area contributed by atoms with Crippen LogP contribution < -0.4 is 9.47 Å². The van der Waals surface area contributed by atoms with Gasteiger partial charge in [-0.1, -0.05) is 30.3 Å². The SMILES string of the molecule is COc1cccc(CN2CCN(Cc3ccc4cccc(OC)c4n3)CC2CCO)c1. The van der Waals surface area contributed by atoms with Crippen LogP contribution in [0.25, 0.3) is 10.9 Å². The molecule has 4 rings (SSSR count). The van der Waals surface area contributed by atoms with Crippen LogP contribution in [0.2, 0.25) is 0 Å². The highest BCUT2D eigenvalue weighted by Gasteiger charge is 2.27. The summed E-state index contributed by atoms with van der Waals surface area (Å²) < 4.78 is 10.9. The van der Waals surface area contributed by atoms with E-state index in [-0.39, 0.29) is 6.61 Å².